The molecule has 0 saturated carbocycles. The minimum atomic E-state index is -0.393. The number of hydrogen-bond donors (Lipinski definition) is 0. The van der Waals surface area contributed by atoms with Gasteiger partial charge in [-0.15, -0.1) is 0 Å². The van der Waals surface area contributed by atoms with Crippen molar-refractivity contribution in [1.82, 2.24) is 0 Å². The van der Waals surface area contributed by atoms with Gasteiger partial charge in [0, 0.05) is 5.41 Å². The molecule has 0 spiro atoms. The smallest absolute Gasteiger partial charge is 0.123 e. The molecule has 124 valence electrons. The van der Waals surface area contributed by atoms with Gasteiger partial charge < -0.3 is 0 Å². The molecule has 0 aromatic heterocycles. The summed E-state index contributed by atoms with van der Waals surface area (Å²) in [5, 5.41) is 0. The lowest BCUT2D eigenvalue weighted by Gasteiger charge is -2.39. The summed E-state index contributed by atoms with van der Waals surface area (Å²) < 4.78 is 27.7. The summed E-state index contributed by atoms with van der Waals surface area (Å²) in [4.78, 5) is 0. The third-order valence-corrected chi connectivity index (χ3v) is 4.94. The van der Waals surface area contributed by atoms with Crippen molar-refractivity contribution in [3.05, 3.63) is 71.3 Å². The maximum absolute atomic E-state index is 13.9. The molecule has 0 radical (unpaired) electrons. The highest BCUT2D eigenvalue weighted by Gasteiger charge is 2.37. The molecule has 0 fully saturated rings. The second-order valence-corrected chi connectivity index (χ2v) is 6.50. The van der Waals surface area contributed by atoms with Crippen molar-refractivity contribution >= 4 is 0 Å². The molecule has 2 rings (SSSR count). The van der Waals surface area contributed by atoms with Crippen LogP contribution < -0.4 is 0 Å². The van der Waals surface area contributed by atoms with E-state index in [0.29, 0.717) is 5.92 Å². The number of halogens is 2. The summed E-state index contributed by atoms with van der Waals surface area (Å²) in [6.45, 7) is 6.47. The number of hydrogen-bond acceptors (Lipinski definition) is 0. The van der Waals surface area contributed by atoms with Crippen LogP contribution in [0.3, 0.4) is 0 Å². The van der Waals surface area contributed by atoms with E-state index in [9.17, 15) is 8.78 Å². The highest BCUT2D eigenvalue weighted by molar-refractivity contribution is 5.40. The molecule has 23 heavy (non-hydrogen) atoms. The van der Waals surface area contributed by atoms with E-state index >= 15 is 0 Å². The van der Waals surface area contributed by atoms with Crippen LogP contribution in [0.1, 0.15) is 57.6 Å². The molecule has 0 aliphatic heterocycles. The fourth-order valence-corrected chi connectivity index (χ4v) is 3.68. The van der Waals surface area contributed by atoms with Gasteiger partial charge in [-0.1, -0.05) is 57.9 Å². The van der Waals surface area contributed by atoms with Crippen molar-refractivity contribution in [2.24, 2.45) is 5.92 Å². The van der Waals surface area contributed by atoms with Gasteiger partial charge in [-0.05, 0) is 54.2 Å². The van der Waals surface area contributed by atoms with Gasteiger partial charge in [0.25, 0.3) is 0 Å². The Morgan fingerprint density at radius 3 is 1.61 bits per heavy atom. The highest BCUT2D eigenvalue weighted by atomic mass is 19.1. The average Bonchev–Trinajstić information content (AvgIpc) is 2.54. The third-order valence-electron chi connectivity index (χ3n) is 4.94. The molecule has 0 N–H and O–H groups in total. The average molecular weight is 316 g/mol. The van der Waals surface area contributed by atoms with Crippen molar-refractivity contribution in [2.75, 3.05) is 0 Å². The second kappa shape index (κ2) is 7.72. The van der Waals surface area contributed by atoms with E-state index in [1.54, 1.807) is 24.3 Å². The van der Waals surface area contributed by atoms with Gasteiger partial charge >= 0.3 is 0 Å². The standard InChI is InChI=1S/C21H26F2/c1-4-8-16(9-5-2)21(3,17-10-6-12-19(22)14-17)18-11-7-13-20(23)15-18/h6-7,10-16H,4-5,8-9H2,1-3H3. The zero-order valence-electron chi connectivity index (χ0n) is 14.3. The zero-order valence-corrected chi connectivity index (χ0v) is 14.3. The lowest BCUT2D eigenvalue weighted by molar-refractivity contribution is 0.297. The molecule has 0 nitrogen and oxygen atoms in total. The first-order valence-electron chi connectivity index (χ1n) is 8.54. The van der Waals surface area contributed by atoms with Crippen LogP contribution in [-0.2, 0) is 5.41 Å². The Morgan fingerprint density at radius 2 is 1.26 bits per heavy atom. The summed E-state index contributed by atoms with van der Waals surface area (Å²) in [7, 11) is 0. The molecular weight excluding hydrogens is 290 g/mol. The number of benzene rings is 2. The van der Waals surface area contributed by atoms with E-state index < -0.39 is 5.41 Å². The minimum absolute atomic E-state index is 0.239. The van der Waals surface area contributed by atoms with Crippen LogP contribution in [0.5, 0.6) is 0 Å². The van der Waals surface area contributed by atoms with Gasteiger partial charge in [0.2, 0.25) is 0 Å². The van der Waals surface area contributed by atoms with E-state index in [-0.39, 0.29) is 11.6 Å². The zero-order chi connectivity index (χ0) is 16.9. The fraction of sp³-hybridized carbons (Fsp3) is 0.429. The summed E-state index contributed by atoms with van der Waals surface area (Å²) in [5.41, 5.74) is 1.46. The van der Waals surface area contributed by atoms with Gasteiger partial charge in [-0.25, -0.2) is 8.78 Å². The van der Waals surface area contributed by atoms with Crippen LogP contribution in [0.15, 0.2) is 48.5 Å². The van der Waals surface area contributed by atoms with Crippen LogP contribution in [0, 0.1) is 17.6 Å². The van der Waals surface area contributed by atoms with E-state index in [0.717, 1.165) is 36.8 Å². The fourth-order valence-electron chi connectivity index (χ4n) is 3.68. The van der Waals surface area contributed by atoms with E-state index in [4.69, 9.17) is 0 Å². The summed E-state index contributed by atoms with van der Waals surface area (Å²) in [6.07, 6.45) is 4.20. The molecular formula is C21H26F2. The van der Waals surface area contributed by atoms with Crippen LogP contribution in [0.25, 0.3) is 0 Å². The molecule has 0 heterocycles. The van der Waals surface area contributed by atoms with E-state index in [2.05, 4.69) is 20.8 Å². The predicted molar refractivity (Wildman–Crippen MR) is 92.6 cm³/mol. The van der Waals surface area contributed by atoms with Gasteiger partial charge in [-0.2, -0.15) is 0 Å². The molecule has 0 saturated heterocycles. The van der Waals surface area contributed by atoms with Gasteiger partial charge in [0.15, 0.2) is 0 Å². The highest BCUT2D eigenvalue weighted by Crippen LogP contribution is 2.43. The Hall–Kier alpha value is -1.70. The van der Waals surface area contributed by atoms with Crippen molar-refractivity contribution in [1.29, 1.82) is 0 Å². The van der Waals surface area contributed by atoms with E-state index in [1.165, 1.54) is 12.1 Å². The maximum Gasteiger partial charge on any atom is 0.123 e. The topological polar surface area (TPSA) is 0 Å². The lowest BCUT2D eigenvalue weighted by Crippen LogP contribution is -2.34. The molecule has 2 heteroatoms. The molecule has 2 aromatic rings. The summed E-state index contributed by atoms with van der Waals surface area (Å²) in [5.74, 6) is -0.130. The van der Waals surface area contributed by atoms with Crippen LogP contribution in [0.4, 0.5) is 8.78 Å². The first-order chi connectivity index (χ1) is 11.0. The molecule has 0 aliphatic carbocycles. The molecule has 0 amide bonds. The monoisotopic (exact) mass is 316 g/mol. The Kier molecular flexibility index (Phi) is 5.92. The maximum atomic E-state index is 13.9. The molecule has 0 atom stereocenters. The summed E-state index contributed by atoms with van der Waals surface area (Å²) >= 11 is 0. The van der Waals surface area contributed by atoms with Gasteiger partial charge in [0.05, 0.1) is 0 Å². The Morgan fingerprint density at radius 1 is 0.826 bits per heavy atom. The SMILES string of the molecule is CCCC(CCC)C(C)(c1cccc(F)c1)c1cccc(F)c1. The Labute approximate surface area is 138 Å². The first-order valence-corrected chi connectivity index (χ1v) is 8.54. The van der Waals surface area contributed by atoms with Crippen molar-refractivity contribution in [2.45, 2.75) is 51.9 Å². The minimum Gasteiger partial charge on any atom is -0.207 e. The summed E-state index contributed by atoms with van der Waals surface area (Å²) in [6, 6.07) is 13.5. The second-order valence-electron chi connectivity index (χ2n) is 6.50. The normalized spacial score (nSPS) is 11.9. The third kappa shape index (κ3) is 3.80. The van der Waals surface area contributed by atoms with Crippen molar-refractivity contribution < 1.29 is 8.78 Å². The van der Waals surface area contributed by atoms with Gasteiger partial charge in [0.1, 0.15) is 11.6 Å². The quantitative estimate of drug-likeness (QED) is 0.548. The van der Waals surface area contributed by atoms with Crippen LogP contribution >= 0.6 is 0 Å². The molecule has 0 unspecified atom stereocenters. The lowest BCUT2D eigenvalue weighted by atomic mass is 9.64. The Balaban J connectivity index is 2.62. The predicted octanol–water partition coefficient (Wildman–Crippen LogP) is 6.49. The van der Waals surface area contributed by atoms with E-state index in [1.807, 2.05) is 12.1 Å². The van der Waals surface area contributed by atoms with Crippen LogP contribution in [0.2, 0.25) is 0 Å². The van der Waals surface area contributed by atoms with Gasteiger partial charge in [-0.3, -0.25) is 0 Å². The molecule has 0 aliphatic rings. The van der Waals surface area contributed by atoms with Crippen molar-refractivity contribution in [3.63, 3.8) is 0 Å². The molecule has 0 bridgehead atoms. The largest absolute Gasteiger partial charge is 0.207 e. The first kappa shape index (κ1) is 17.7. The number of rotatable bonds is 7. The van der Waals surface area contributed by atoms with Crippen molar-refractivity contribution in [3.8, 4) is 0 Å². The molecule has 2 aromatic carbocycles. The van der Waals surface area contributed by atoms with Crippen LogP contribution in [-0.4, -0.2) is 0 Å². The Bertz CT molecular complexity index is 582.